The number of hydrogen-bond donors (Lipinski definition) is 1. The number of aromatic nitrogens is 3. The highest BCUT2D eigenvalue weighted by Crippen LogP contribution is 2.41. The van der Waals surface area contributed by atoms with Crippen molar-refractivity contribution in [1.82, 2.24) is 19.7 Å². The van der Waals surface area contributed by atoms with E-state index in [0.717, 1.165) is 24.1 Å². The molecule has 0 aromatic carbocycles. The molecule has 1 unspecified atom stereocenters. The highest BCUT2D eigenvalue weighted by Gasteiger charge is 2.36. The lowest BCUT2D eigenvalue weighted by atomic mass is 10.0. The molecule has 1 aliphatic carbocycles. The SMILES string of the molecule is Cc1cccnc1C(NC(=O)c1nc2cccc(C)n2c1F)C1CC1. The van der Waals surface area contributed by atoms with Gasteiger partial charge in [-0.2, -0.15) is 4.39 Å². The van der Waals surface area contributed by atoms with Gasteiger partial charge in [0.25, 0.3) is 5.91 Å². The molecular weight excluding hydrogens is 319 g/mol. The van der Waals surface area contributed by atoms with Gasteiger partial charge < -0.3 is 5.32 Å². The molecule has 25 heavy (non-hydrogen) atoms. The minimum absolute atomic E-state index is 0.173. The molecule has 3 heterocycles. The smallest absolute Gasteiger partial charge is 0.275 e. The number of rotatable bonds is 4. The molecule has 1 N–H and O–H groups in total. The van der Waals surface area contributed by atoms with E-state index in [9.17, 15) is 9.18 Å². The van der Waals surface area contributed by atoms with E-state index in [2.05, 4.69) is 15.3 Å². The van der Waals surface area contributed by atoms with Crippen LogP contribution in [0.25, 0.3) is 5.65 Å². The van der Waals surface area contributed by atoms with Crippen molar-refractivity contribution >= 4 is 11.6 Å². The van der Waals surface area contributed by atoms with Crippen LogP contribution in [0.15, 0.2) is 36.5 Å². The largest absolute Gasteiger partial charge is 0.342 e. The minimum atomic E-state index is -0.627. The molecule has 5 nitrogen and oxygen atoms in total. The Bertz CT molecular complexity index is 961. The molecule has 0 radical (unpaired) electrons. The lowest BCUT2D eigenvalue weighted by Crippen LogP contribution is -2.31. The third-order valence-corrected chi connectivity index (χ3v) is 4.72. The van der Waals surface area contributed by atoms with E-state index in [-0.39, 0.29) is 11.7 Å². The standard InChI is InChI=1S/C19H19FN4O/c1-11-5-4-10-21-15(11)16(13-8-9-13)23-19(25)17-18(20)24-12(2)6-3-7-14(24)22-17/h3-7,10,13,16H,8-9H2,1-2H3,(H,23,25). The van der Waals surface area contributed by atoms with Crippen molar-refractivity contribution in [2.75, 3.05) is 0 Å². The Balaban J connectivity index is 1.68. The third-order valence-electron chi connectivity index (χ3n) is 4.72. The van der Waals surface area contributed by atoms with Crippen LogP contribution in [0, 0.1) is 25.7 Å². The fourth-order valence-electron chi connectivity index (χ4n) is 3.23. The molecule has 0 aliphatic heterocycles. The molecule has 0 bridgehead atoms. The summed E-state index contributed by atoms with van der Waals surface area (Å²) >= 11 is 0. The summed E-state index contributed by atoms with van der Waals surface area (Å²) in [5, 5.41) is 2.96. The summed E-state index contributed by atoms with van der Waals surface area (Å²) in [5.41, 5.74) is 2.82. The predicted molar refractivity (Wildman–Crippen MR) is 91.8 cm³/mol. The zero-order valence-electron chi connectivity index (χ0n) is 14.2. The van der Waals surface area contributed by atoms with E-state index in [1.165, 1.54) is 4.40 Å². The van der Waals surface area contributed by atoms with Crippen LogP contribution in [0.4, 0.5) is 4.39 Å². The molecule has 1 fully saturated rings. The maximum Gasteiger partial charge on any atom is 0.275 e. The number of nitrogens with zero attached hydrogens (tertiary/aromatic N) is 3. The summed E-state index contributed by atoms with van der Waals surface area (Å²) in [5.74, 6) is -0.778. The first-order chi connectivity index (χ1) is 12.1. The highest BCUT2D eigenvalue weighted by molar-refractivity contribution is 5.93. The van der Waals surface area contributed by atoms with Gasteiger partial charge in [-0.15, -0.1) is 0 Å². The maximum atomic E-state index is 14.7. The lowest BCUT2D eigenvalue weighted by molar-refractivity contribution is 0.0921. The maximum absolute atomic E-state index is 14.7. The topological polar surface area (TPSA) is 59.3 Å². The van der Waals surface area contributed by atoms with Crippen LogP contribution in [-0.4, -0.2) is 20.3 Å². The lowest BCUT2D eigenvalue weighted by Gasteiger charge is -2.19. The van der Waals surface area contributed by atoms with Gasteiger partial charge in [-0.05, 0) is 56.4 Å². The summed E-state index contributed by atoms with van der Waals surface area (Å²) in [6.07, 6.45) is 3.79. The van der Waals surface area contributed by atoms with Crippen molar-refractivity contribution in [1.29, 1.82) is 0 Å². The average Bonchev–Trinajstić information content (AvgIpc) is 3.37. The van der Waals surface area contributed by atoms with Gasteiger partial charge >= 0.3 is 0 Å². The number of fused-ring (bicyclic) bond motifs is 1. The van der Waals surface area contributed by atoms with Gasteiger partial charge in [0.05, 0.1) is 11.7 Å². The Kier molecular flexibility index (Phi) is 3.75. The minimum Gasteiger partial charge on any atom is -0.342 e. The monoisotopic (exact) mass is 338 g/mol. The van der Waals surface area contributed by atoms with E-state index in [1.807, 2.05) is 19.1 Å². The molecule has 0 saturated heterocycles. The fourth-order valence-corrected chi connectivity index (χ4v) is 3.23. The molecular formula is C19H19FN4O. The van der Waals surface area contributed by atoms with Crippen LogP contribution >= 0.6 is 0 Å². The van der Waals surface area contributed by atoms with E-state index < -0.39 is 11.9 Å². The van der Waals surface area contributed by atoms with Gasteiger partial charge in [0.1, 0.15) is 5.65 Å². The second kappa shape index (κ2) is 5.95. The van der Waals surface area contributed by atoms with Crippen molar-refractivity contribution in [3.8, 4) is 0 Å². The van der Waals surface area contributed by atoms with Crippen LogP contribution in [0.5, 0.6) is 0 Å². The van der Waals surface area contributed by atoms with Crippen LogP contribution in [-0.2, 0) is 0 Å². The van der Waals surface area contributed by atoms with Crippen molar-refractivity contribution in [2.24, 2.45) is 5.92 Å². The van der Waals surface area contributed by atoms with Gasteiger partial charge in [0.15, 0.2) is 5.69 Å². The number of pyridine rings is 2. The number of nitrogens with one attached hydrogen (secondary N) is 1. The molecule has 128 valence electrons. The van der Waals surface area contributed by atoms with E-state index in [0.29, 0.717) is 17.3 Å². The van der Waals surface area contributed by atoms with E-state index in [1.54, 1.807) is 31.3 Å². The van der Waals surface area contributed by atoms with Crippen LogP contribution < -0.4 is 5.32 Å². The second-order valence-corrected chi connectivity index (χ2v) is 6.61. The predicted octanol–water partition coefficient (Wildman–Crippen LogP) is 3.37. The number of carbonyl (C=O) groups is 1. The van der Waals surface area contributed by atoms with Gasteiger partial charge in [0.2, 0.25) is 5.95 Å². The number of carbonyl (C=O) groups excluding carboxylic acids is 1. The van der Waals surface area contributed by atoms with Gasteiger partial charge in [-0.3, -0.25) is 14.2 Å². The van der Waals surface area contributed by atoms with E-state index in [4.69, 9.17) is 0 Å². The van der Waals surface area contributed by atoms with Crippen LogP contribution in [0.3, 0.4) is 0 Å². The Morgan fingerprint density at radius 3 is 2.76 bits per heavy atom. The molecule has 6 heteroatoms. The van der Waals surface area contributed by atoms with Gasteiger partial charge in [-0.25, -0.2) is 4.98 Å². The molecule has 1 atom stereocenters. The summed E-state index contributed by atoms with van der Waals surface area (Å²) in [6.45, 7) is 3.75. The van der Waals surface area contributed by atoms with Crippen molar-refractivity contribution < 1.29 is 9.18 Å². The number of aryl methyl sites for hydroxylation is 2. The quantitative estimate of drug-likeness (QED) is 0.793. The first-order valence-electron chi connectivity index (χ1n) is 8.42. The Hall–Kier alpha value is -2.76. The average molecular weight is 338 g/mol. The number of halogens is 1. The zero-order valence-corrected chi connectivity index (χ0v) is 14.2. The zero-order chi connectivity index (χ0) is 17.6. The second-order valence-electron chi connectivity index (χ2n) is 6.61. The number of amides is 1. The molecule has 0 spiro atoms. The first kappa shape index (κ1) is 15.7. The molecule has 1 saturated carbocycles. The molecule has 3 aromatic rings. The Morgan fingerprint density at radius 1 is 1.28 bits per heavy atom. The van der Waals surface area contributed by atoms with E-state index >= 15 is 0 Å². The van der Waals surface area contributed by atoms with Crippen LogP contribution in [0.2, 0.25) is 0 Å². The summed E-state index contributed by atoms with van der Waals surface area (Å²) in [7, 11) is 0. The van der Waals surface area contributed by atoms with Crippen LogP contribution in [0.1, 0.15) is 46.3 Å². The molecule has 1 aliphatic rings. The van der Waals surface area contributed by atoms with Crippen molar-refractivity contribution in [2.45, 2.75) is 32.7 Å². The number of hydrogen-bond acceptors (Lipinski definition) is 3. The van der Waals surface area contributed by atoms with Crippen molar-refractivity contribution in [3.63, 3.8) is 0 Å². The highest BCUT2D eigenvalue weighted by atomic mass is 19.1. The normalized spacial score (nSPS) is 15.3. The Labute approximate surface area is 144 Å². The van der Waals surface area contributed by atoms with Crippen molar-refractivity contribution in [3.05, 3.63) is 65.1 Å². The summed E-state index contributed by atoms with van der Waals surface area (Å²) < 4.78 is 16.1. The Morgan fingerprint density at radius 2 is 2.08 bits per heavy atom. The third kappa shape index (κ3) is 2.77. The molecule has 4 rings (SSSR count). The first-order valence-corrected chi connectivity index (χ1v) is 8.42. The molecule has 3 aromatic heterocycles. The summed E-state index contributed by atoms with van der Waals surface area (Å²) in [4.78, 5) is 21.3. The molecule has 1 amide bonds. The fraction of sp³-hybridized carbons (Fsp3) is 0.316. The van der Waals surface area contributed by atoms with Gasteiger partial charge in [0, 0.05) is 11.9 Å². The summed E-state index contributed by atoms with van der Waals surface area (Å²) in [6, 6.07) is 8.90. The van der Waals surface area contributed by atoms with Gasteiger partial charge in [-0.1, -0.05) is 12.1 Å². The number of imidazole rings is 1.